The standard InChI is InChI=1S/C12H10ClNO2/c1-15-7-2-3-10-8(4-7)12(11-6-16-11)9(13)5-14-10/h2-5,11H,6H2,1H3. The van der Waals surface area contributed by atoms with Crippen LogP contribution < -0.4 is 4.74 Å². The normalized spacial score (nSPS) is 18.8. The Morgan fingerprint density at radius 1 is 1.50 bits per heavy atom. The van der Waals surface area contributed by atoms with Gasteiger partial charge >= 0.3 is 0 Å². The Bertz CT molecular complexity index is 552. The highest BCUT2D eigenvalue weighted by atomic mass is 35.5. The predicted octanol–water partition coefficient (Wildman–Crippen LogP) is 2.97. The SMILES string of the molecule is COc1ccc2ncc(Cl)c(C3CO3)c2c1. The molecular weight excluding hydrogens is 226 g/mol. The zero-order valence-corrected chi connectivity index (χ0v) is 9.49. The van der Waals surface area contributed by atoms with Gasteiger partial charge in [0, 0.05) is 17.1 Å². The molecule has 16 heavy (non-hydrogen) atoms. The van der Waals surface area contributed by atoms with Crippen LogP contribution in [0.25, 0.3) is 10.9 Å². The van der Waals surface area contributed by atoms with Crippen LogP contribution in [-0.2, 0) is 4.74 Å². The van der Waals surface area contributed by atoms with Gasteiger partial charge in [0.1, 0.15) is 11.9 Å². The van der Waals surface area contributed by atoms with Crippen LogP contribution in [0.4, 0.5) is 0 Å². The van der Waals surface area contributed by atoms with E-state index in [2.05, 4.69) is 4.98 Å². The molecule has 0 saturated carbocycles. The van der Waals surface area contributed by atoms with E-state index in [1.807, 2.05) is 18.2 Å². The molecule has 1 saturated heterocycles. The number of nitrogens with zero attached hydrogens (tertiary/aromatic N) is 1. The summed E-state index contributed by atoms with van der Waals surface area (Å²) in [5.41, 5.74) is 1.93. The highest BCUT2D eigenvalue weighted by molar-refractivity contribution is 6.32. The first-order valence-corrected chi connectivity index (χ1v) is 5.41. The Labute approximate surface area is 98.0 Å². The van der Waals surface area contributed by atoms with Gasteiger partial charge in [0.05, 0.1) is 24.3 Å². The van der Waals surface area contributed by atoms with Crippen LogP contribution in [0.5, 0.6) is 5.75 Å². The monoisotopic (exact) mass is 235 g/mol. The topological polar surface area (TPSA) is 34.6 Å². The van der Waals surface area contributed by atoms with Gasteiger partial charge in [-0.1, -0.05) is 11.6 Å². The molecule has 2 heterocycles. The smallest absolute Gasteiger partial charge is 0.119 e. The van der Waals surface area contributed by atoms with Gasteiger partial charge in [0.15, 0.2) is 0 Å². The molecule has 4 heteroatoms. The summed E-state index contributed by atoms with van der Waals surface area (Å²) in [5.74, 6) is 0.804. The summed E-state index contributed by atoms with van der Waals surface area (Å²) in [6.07, 6.45) is 1.79. The van der Waals surface area contributed by atoms with Crippen LogP contribution in [0.2, 0.25) is 5.02 Å². The fourth-order valence-electron chi connectivity index (χ4n) is 1.84. The van der Waals surface area contributed by atoms with Gasteiger partial charge in [0.25, 0.3) is 0 Å². The number of methoxy groups -OCH3 is 1. The van der Waals surface area contributed by atoms with Gasteiger partial charge in [-0.2, -0.15) is 0 Å². The molecule has 1 aromatic heterocycles. The zero-order chi connectivity index (χ0) is 11.1. The van der Waals surface area contributed by atoms with Gasteiger partial charge in [-0.3, -0.25) is 4.98 Å². The maximum absolute atomic E-state index is 6.15. The quantitative estimate of drug-likeness (QED) is 0.751. The van der Waals surface area contributed by atoms with E-state index >= 15 is 0 Å². The lowest BCUT2D eigenvalue weighted by atomic mass is 10.1. The Morgan fingerprint density at radius 3 is 3.00 bits per heavy atom. The third-order valence-corrected chi connectivity index (χ3v) is 3.02. The average Bonchev–Trinajstić information content (AvgIpc) is 3.12. The molecule has 0 spiro atoms. The fraction of sp³-hybridized carbons (Fsp3) is 0.250. The third-order valence-electron chi connectivity index (χ3n) is 2.72. The van der Waals surface area contributed by atoms with Crippen LogP contribution in [0, 0.1) is 0 Å². The Kier molecular flexibility index (Phi) is 2.23. The number of ether oxygens (including phenoxy) is 2. The summed E-state index contributed by atoms with van der Waals surface area (Å²) < 4.78 is 10.5. The van der Waals surface area contributed by atoms with Crippen molar-refractivity contribution < 1.29 is 9.47 Å². The molecule has 2 aromatic rings. The lowest BCUT2D eigenvalue weighted by Gasteiger charge is -2.07. The third kappa shape index (κ3) is 1.52. The first-order chi connectivity index (χ1) is 7.79. The molecule has 1 aliphatic rings. The lowest BCUT2D eigenvalue weighted by Crippen LogP contribution is -1.91. The summed E-state index contributed by atoms with van der Waals surface area (Å²) in [5, 5.41) is 1.66. The number of aromatic nitrogens is 1. The van der Waals surface area contributed by atoms with Crippen molar-refractivity contribution in [3.63, 3.8) is 0 Å². The number of halogens is 1. The van der Waals surface area contributed by atoms with Crippen molar-refractivity contribution in [1.82, 2.24) is 4.98 Å². The Hall–Kier alpha value is -1.32. The second kappa shape index (κ2) is 3.61. The van der Waals surface area contributed by atoms with E-state index in [9.17, 15) is 0 Å². The van der Waals surface area contributed by atoms with Gasteiger partial charge in [-0.25, -0.2) is 0 Å². The van der Waals surface area contributed by atoms with Crippen LogP contribution in [0.15, 0.2) is 24.4 Å². The van der Waals surface area contributed by atoms with E-state index in [0.29, 0.717) is 5.02 Å². The second-order valence-corrected chi connectivity index (χ2v) is 4.13. The molecule has 0 radical (unpaired) electrons. The molecule has 0 N–H and O–H groups in total. The van der Waals surface area contributed by atoms with Gasteiger partial charge < -0.3 is 9.47 Å². The van der Waals surface area contributed by atoms with Gasteiger partial charge in [-0.15, -0.1) is 0 Å². The van der Waals surface area contributed by atoms with E-state index in [-0.39, 0.29) is 6.10 Å². The molecule has 1 unspecified atom stereocenters. The minimum absolute atomic E-state index is 0.116. The zero-order valence-electron chi connectivity index (χ0n) is 8.74. The highest BCUT2D eigenvalue weighted by Gasteiger charge is 2.29. The van der Waals surface area contributed by atoms with Crippen molar-refractivity contribution in [3.05, 3.63) is 35.0 Å². The summed E-state index contributed by atoms with van der Waals surface area (Å²) in [7, 11) is 1.65. The van der Waals surface area contributed by atoms with E-state index in [1.165, 1.54) is 0 Å². The lowest BCUT2D eigenvalue weighted by molar-refractivity contribution is 0.413. The summed E-state index contributed by atoms with van der Waals surface area (Å²) in [6.45, 7) is 0.732. The number of benzene rings is 1. The first-order valence-electron chi connectivity index (χ1n) is 5.03. The van der Waals surface area contributed by atoms with Crippen molar-refractivity contribution in [2.24, 2.45) is 0 Å². The average molecular weight is 236 g/mol. The van der Waals surface area contributed by atoms with Crippen LogP contribution in [-0.4, -0.2) is 18.7 Å². The molecule has 3 nitrogen and oxygen atoms in total. The minimum Gasteiger partial charge on any atom is -0.497 e. The number of pyridine rings is 1. The number of rotatable bonds is 2. The highest BCUT2D eigenvalue weighted by Crippen LogP contribution is 2.39. The predicted molar refractivity (Wildman–Crippen MR) is 62.0 cm³/mol. The summed E-state index contributed by atoms with van der Waals surface area (Å²) >= 11 is 6.15. The second-order valence-electron chi connectivity index (χ2n) is 3.72. The van der Waals surface area contributed by atoms with Crippen molar-refractivity contribution in [3.8, 4) is 5.75 Å². The minimum atomic E-state index is 0.116. The maximum Gasteiger partial charge on any atom is 0.119 e. The van der Waals surface area contributed by atoms with Crippen LogP contribution in [0.1, 0.15) is 11.7 Å². The molecule has 1 aliphatic heterocycles. The van der Waals surface area contributed by atoms with E-state index in [0.717, 1.165) is 28.8 Å². The number of hydrogen-bond donors (Lipinski definition) is 0. The Morgan fingerprint density at radius 2 is 2.31 bits per heavy atom. The first kappa shape index (κ1) is 9.87. The van der Waals surface area contributed by atoms with Crippen LogP contribution >= 0.6 is 11.6 Å². The molecule has 1 atom stereocenters. The molecule has 0 aliphatic carbocycles. The number of fused-ring (bicyclic) bond motifs is 1. The van der Waals surface area contributed by atoms with Crippen molar-refractivity contribution in [2.75, 3.05) is 13.7 Å². The Balaban J connectivity index is 2.30. The van der Waals surface area contributed by atoms with Crippen molar-refractivity contribution in [1.29, 1.82) is 0 Å². The van der Waals surface area contributed by atoms with E-state index in [4.69, 9.17) is 21.1 Å². The molecule has 0 amide bonds. The number of hydrogen-bond acceptors (Lipinski definition) is 3. The number of epoxide rings is 1. The van der Waals surface area contributed by atoms with Gasteiger partial charge in [0.2, 0.25) is 0 Å². The summed E-state index contributed by atoms with van der Waals surface area (Å²) in [6, 6.07) is 5.77. The van der Waals surface area contributed by atoms with Crippen LogP contribution in [0.3, 0.4) is 0 Å². The molecule has 82 valence electrons. The molecular formula is C12H10ClNO2. The fourth-order valence-corrected chi connectivity index (χ4v) is 2.11. The molecule has 3 rings (SSSR count). The van der Waals surface area contributed by atoms with Crippen molar-refractivity contribution >= 4 is 22.5 Å². The maximum atomic E-state index is 6.15. The molecule has 1 fully saturated rings. The largest absolute Gasteiger partial charge is 0.497 e. The molecule has 0 bridgehead atoms. The summed E-state index contributed by atoms with van der Waals surface area (Å²) in [4.78, 5) is 4.28. The van der Waals surface area contributed by atoms with Crippen molar-refractivity contribution in [2.45, 2.75) is 6.10 Å². The molecule has 1 aromatic carbocycles. The van der Waals surface area contributed by atoms with E-state index < -0.39 is 0 Å². The van der Waals surface area contributed by atoms with E-state index in [1.54, 1.807) is 13.3 Å². The van der Waals surface area contributed by atoms with Gasteiger partial charge in [-0.05, 0) is 18.2 Å².